The van der Waals surface area contributed by atoms with Crippen LogP contribution in [-0.4, -0.2) is 39.1 Å². The molecular formula is C14H22N2O3S. The van der Waals surface area contributed by atoms with Crippen molar-refractivity contribution in [3.63, 3.8) is 0 Å². The number of aryl methyl sites for hydroxylation is 1. The Morgan fingerprint density at radius 3 is 2.95 bits per heavy atom. The Morgan fingerprint density at radius 2 is 2.25 bits per heavy atom. The Bertz CT molecular complexity index is 442. The van der Waals surface area contributed by atoms with Crippen molar-refractivity contribution in [3.05, 3.63) is 11.9 Å². The van der Waals surface area contributed by atoms with E-state index in [2.05, 4.69) is 4.98 Å². The normalized spacial score (nSPS) is 16.4. The van der Waals surface area contributed by atoms with Gasteiger partial charge in [-0.05, 0) is 19.8 Å². The molecule has 112 valence electrons. The minimum atomic E-state index is -0.819. The standard InChI is InChI=1S/C14H22N2O3S/c1-11-9-16(14(15-11)20-10-13(17)18)7-8-19-12-5-3-2-4-6-12/h9,12H,2-8,10H2,1H3,(H,17,18). The van der Waals surface area contributed by atoms with Gasteiger partial charge in [-0.25, -0.2) is 4.98 Å². The summed E-state index contributed by atoms with van der Waals surface area (Å²) in [6.45, 7) is 3.32. The van der Waals surface area contributed by atoms with Gasteiger partial charge < -0.3 is 14.4 Å². The molecule has 2 rings (SSSR count). The van der Waals surface area contributed by atoms with E-state index < -0.39 is 5.97 Å². The van der Waals surface area contributed by atoms with Crippen LogP contribution < -0.4 is 0 Å². The first kappa shape index (κ1) is 15.4. The lowest BCUT2D eigenvalue weighted by atomic mass is 9.98. The monoisotopic (exact) mass is 298 g/mol. The molecule has 5 nitrogen and oxygen atoms in total. The summed E-state index contributed by atoms with van der Waals surface area (Å²) in [5.41, 5.74) is 0.913. The molecule has 1 saturated carbocycles. The number of aromatic nitrogens is 2. The summed E-state index contributed by atoms with van der Waals surface area (Å²) < 4.78 is 7.89. The van der Waals surface area contributed by atoms with Crippen LogP contribution in [0, 0.1) is 6.92 Å². The number of imidazole rings is 1. The second kappa shape index (κ2) is 7.69. The molecule has 1 aliphatic rings. The zero-order valence-electron chi connectivity index (χ0n) is 11.9. The highest BCUT2D eigenvalue weighted by Crippen LogP contribution is 2.21. The van der Waals surface area contributed by atoms with Gasteiger partial charge in [-0.1, -0.05) is 31.0 Å². The van der Waals surface area contributed by atoms with Crippen molar-refractivity contribution >= 4 is 17.7 Å². The minimum absolute atomic E-state index is 0.0416. The number of carbonyl (C=O) groups is 1. The average molecular weight is 298 g/mol. The van der Waals surface area contributed by atoms with E-state index in [1.807, 2.05) is 17.7 Å². The molecule has 0 saturated heterocycles. The second-order valence-corrected chi connectivity index (χ2v) is 6.11. The molecular weight excluding hydrogens is 276 g/mol. The number of hydrogen-bond acceptors (Lipinski definition) is 4. The largest absolute Gasteiger partial charge is 0.481 e. The molecule has 0 aliphatic heterocycles. The molecule has 1 aromatic heterocycles. The third-order valence-electron chi connectivity index (χ3n) is 3.42. The van der Waals surface area contributed by atoms with Crippen LogP contribution in [-0.2, 0) is 16.1 Å². The maximum Gasteiger partial charge on any atom is 0.313 e. The van der Waals surface area contributed by atoms with Gasteiger partial charge in [-0.2, -0.15) is 0 Å². The summed E-state index contributed by atoms with van der Waals surface area (Å²) >= 11 is 1.26. The molecule has 0 atom stereocenters. The smallest absolute Gasteiger partial charge is 0.313 e. The highest BCUT2D eigenvalue weighted by Gasteiger charge is 2.14. The van der Waals surface area contributed by atoms with Gasteiger partial charge in [0, 0.05) is 12.7 Å². The summed E-state index contributed by atoms with van der Waals surface area (Å²) in [6, 6.07) is 0. The fraction of sp³-hybridized carbons (Fsp3) is 0.714. The van der Waals surface area contributed by atoms with Gasteiger partial charge in [-0.3, -0.25) is 4.79 Å². The van der Waals surface area contributed by atoms with Crippen molar-refractivity contribution in [2.75, 3.05) is 12.4 Å². The van der Waals surface area contributed by atoms with E-state index in [0.29, 0.717) is 12.7 Å². The van der Waals surface area contributed by atoms with Crippen LogP contribution in [0.2, 0.25) is 0 Å². The predicted octanol–water partition coefficient (Wildman–Crippen LogP) is 2.72. The number of aliphatic carboxylic acids is 1. The van der Waals surface area contributed by atoms with Crippen LogP contribution >= 0.6 is 11.8 Å². The van der Waals surface area contributed by atoms with E-state index in [9.17, 15) is 4.79 Å². The third kappa shape index (κ3) is 4.83. The van der Waals surface area contributed by atoms with Gasteiger partial charge in [0.2, 0.25) is 0 Å². The first-order valence-corrected chi connectivity index (χ1v) is 8.13. The zero-order chi connectivity index (χ0) is 14.4. The van der Waals surface area contributed by atoms with Gasteiger partial charge in [0.15, 0.2) is 5.16 Å². The molecule has 0 aromatic carbocycles. The first-order valence-electron chi connectivity index (χ1n) is 7.15. The van der Waals surface area contributed by atoms with Crippen LogP contribution in [0.25, 0.3) is 0 Å². The number of ether oxygens (including phenoxy) is 1. The van der Waals surface area contributed by atoms with Crippen LogP contribution in [0.3, 0.4) is 0 Å². The van der Waals surface area contributed by atoms with Gasteiger partial charge in [-0.15, -0.1) is 0 Å². The lowest BCUT2D eigenvalue weighted by molar-refractivity contribution is -0.133. The molecule has 0 amide bonds. The van der Waals surface area contributed by atoms with E-state index in [0.717, 1.165) is 17.4 Å². The fourth-order valence-corrected chi connectivity index (χ4v) is 3.25. The number of nitrogens with zero attached hydrogens (tertiary/aromatic N) is 2. The summed E-state index contributed by atoms with van der Waals surface area (Å²) in [5.74, 6) is -0.777. The number of carboxylic acid groups (broad SMARTS) is 1. The average Bonchev–Trinajstić information content (AvgIpc) is 2.78. The predicted molar refractivity (Wildman–Crippen MR) is 78.1 cm³/mol. The Labute approximate surface area is 123 Å². The molecule has 20 heavy (non-hydrogen) atoms. The van der Waals surface area contributed by atoms with E-state index in [-0.39, 0.29) is 5.75 Å². The number of thioether (sulfide) groups is 1. The van der Waals surface area contributed by atoms with Crippen LogP contribution in [0.4, 0.5) is 0 Å². The molecule has 6 heteroatoms. The molecule has 1 aromatic rings. The van der Waals surface area contributed by atoms with Crippen molar-refractivity contribution < 1.29 is 14.6 Å². The van der Waals surface area contributed by atoms with Crippen molar-refractivity contribution in [2.24, 2.45) is 0 Å². The maximum atomic E-state index is 10.6. The van der Waals surface area contributed by atoms with Crippen LogP contribution in [0.15, 0.2) is 11.4 Å². The van der Waals surface area contributed by atoms with Gasteiger partial charge in [0.05, 0.1) is 24.2 Å². The molecule has 0 bridgehead atoms. The maximum absolute atomic E-state index is 10.6. The van der Waals surface area contributed by atoms with Gasteiger partial charge >= 0.3 is 5.97 Å². The van der Waals surface area contributed by atoms with Crippen molar-refractivity contribution in [1.82, 2.24) is 9.55 Å². The molecule has 1 aliphatic carbocycles. The Morgan fingerprint density at radius 1 is 1.50 bits per heavy atom. The summed E-state index contributed by atoms with van der Waals surface area (Å²) in [4.78, 5) is 15.0. The second-order valence-electron chi connectivity index (χ2n) is 5.17. The molecule has 0 radical (unpaired) electrons. The molecule has 1 N–H and O–H groups in total. The summed E-state index contributed by atoms with van der Waals surface area (Å²) in [6.07, 6.45) is 8.57. The number of hydrogen-bond donors (Lipinski definition) is 1. The van der Waals surface area contributed by atoms with Crippen LogP contribution in [0.1, 0.15) is 37.8 Å². The van der Waals surface area contributed by atoms with Crippen LogP contribution in [0.5, 0.6) is 0 Å². The lowest BCUT2D eigenvalue weighted by Gasteiger charge is -2.22. The summed E-state index contributed by atoms with van der Waals surface area (Å²) in [7, 11) is 0. The van der Waals surface area contributed by atoms with Crippen molar-refractivity contribution in [1.29, 1.82) is 0 Å². The van der Waals surface area contributed by atoms with Gasteiger partial charge in [0.25, 0.3) is 0 Å². The zero-order valence-corrected chi connectivity index (χ0v) is 12.7. The molecule has 1 fully saturated rings. The highest BCUT2D eigenvalue weighted by atomic mass is 32.2. The quantitative estimate of drug-likeness (QED) is 0.784. The van der Waals surface area contributed by atoms with E-state index in [4.69, 9.17) is 9.84 Å². The topological polar surface area (TPSA) is 64.3 Å². The highest BCUT2D eigenvalue weighted by molar-refractivity contribution is 7.99. The van der Waals surface area contributed by atoms with E-state index in [1.165, 1.54) is 43.9 Å². The lowest BCUT2D eigenvalue weighted by Crippen LogP contribution is -2.19. The Hall–Kier alpha value is -1.01. The van der Waals surface area contributed by atoms with E-state index in [1.54, 1.807) is 0 Å². The minimum Gasteiger partial charge on any atom is -0.481 e. The van der Waals surface area contributed by atoms with Gasteiger partial charge in [0.1, 0.15) is 0 Å². The molecule has 0 spiro atoms. The van der Waals surface area contributed by atoms with Crippen molar-refractivity contribution in [2.45, 2.75) is 56.8 Å². The summed E-state index contributed by atoms with van der Waals surface area (Å²) in [5, 5.41) is 9.50. The van der Waals surface area contributed by atoms with E-state index >= 15 is 0 Å². The number of rotatable bonds is 7. The Kier molecular flexibility index (Phi) is 5.91. The molecule has 0 unspecified atom stereocenters. The fourth-order valence-electron chi connectivity index (χ4n) is 2.48. The first-order chi connectivity index (χ1) is 9.65. The number of carboxylic acids is 1. The SMILES string of the molecule is Cc1cn(CCOC2CCCCC2)c(SCC(=O)O)n1. The Balaban J connectivity index is 1.80. The third-order valence-corrected chi connectivity index (χ3v) is 4.40. The molecule has 1 heterocycles. The van der Waals surface area contributed by atoms with Crippen molar-refractivity contribution in [3.8, 4) is 0 Å².